The summed E-state index contributed by atoms with van der Waals surface area (Å²) in [6.07, 6.45) is 0. The minimum Gasteiger partial charge on any atom is -0.309 e. The summed E-state index contributed by atoms with van der Waals surface area (Å²) in [6, 6.07) is 88.2. The van der Waals surface area contributed by atoms with Crippen LogP contribution in [0.3, 0.4) is 0 Å². The van der Waals surface area contributed by atoms with E-state index in [1.54, 1.807) is 0 Å². The maximum atomic E-state index is 2.42. The second kappa shape index (κ2) is 15.5. The van der Waals surface area contributed by atoms with Crippen molar-refractivity contribution >= 4 is 70.4 Å². The van der Waals surface area contributed by atoms with Gasteiger partial charge in [0.1, 0.15) is 0 Å². The molecule has 2 heterocycles. The average molecular weight is 821 g/mol. The molecule has 3 heteroatoms. The summed E-state index contributed by atoms with van der Waals surface area (Å²) in [4.78, 5) is 2.42. The lowest BCUT2D eigenvalue weighted by Crippen LogP contribution is -2.10. The number of anilines is 3. The van der Waals surface area contributed by atoms with Crippen molar-refractivity contribution in [2.75, 3.05) is 4.90 Å². The summed E-state index contributed by atoms with van der Waals surface area (Å²) in [6.45, 7) is 0. The van der Waals surface area contributed by atoms with Crippen molar-refractivity contribution in [3.8, 4) is 50.2 Å². The molecule has 10 aromatic carbocycles. The van der Waals surface area contributed by atoms with Crippen molar-refractivity contribution in [3.63, 3.8) is 0 Å². The van der Waals surface area contributed by atoms with E-state index < -0.39 is 0 Å². The molecule has 0 unspecified atom stereocenters. The third-order valence-corrected chi connectivity index (χ3v) is 13.7. The average Bonchev–Trinajstić information content (AvgIpc) is 3.91. The highest BCUT2D eigenvalue weighted by molar-refractivity contribution is 7.26. The summed E-state index contributed by atoms with van der Waals surface area (Å²) in [5.41, 5.74) is 16.6. The number of hydrogen-bond acceptors (Lipinski definition) is 2. The van der Waals surface area contributed by atoms with Crippen molar-refractivity contribution in [2.24, 2.45) is 0 Å². The maximum Gasteiger partial charge on any atom is 0.0640 e. The normalized spacial score (nSPS) is 11.5. The summed E-state index contributed by atoms with van der Waals surface area (Å²) >= 11 is 1.86. The van der Waals surface area contributed by atoms with E-state index in [-0.39, 0.29) is 0 Å². The number of aromatic nitrogens is 1. The van der Waals surface area contributed by atoms with Crippen LogP contribution < -0.4 is 4.90 Å². The van der Waals surface area contributed by atoms with Crippen molar-refractivity contribution < 1.29 is 0 Å². The van der Waals surface area contributed by atoms with Crippen LogP contribution in [0, 0.1) is 0 Å². The lowest BCUT2D eigenvalue weighted by molar-refractivity contribution is 1.18. The smallest absolute Gasteiger partial charge is 0.0640 e. The van der Waals surface area contributed by atoms with E-state index >= 15 is 0 Å². The topological polar surface area (TPSA) is 8.17 Å². The Morgan fingerprint density at radius 1 is 0.302 bits per heavy atom. The first-order valence-electron chi connectivity index (χ1n) is 21.5. The molecule has 0 saturated heterocycles. The Balaban J connectivity index is 0.894. The zero-order valence-corrected chi connectivity index (χ0v) is 35.2. The molecule has 0 aliphatic rings. The Bertz CT molecular complexity index is 3530. The largest absolute Gasteiger partial charge is 0.309 e. The predicted molar refractivity (Wildman–Crippen MR) is 270 cm³/mol. The van der Waals surface area contributed by atoms with Gasteiger partial charge in [0, 0.05) is 43.2 Å². The molecule has 0 radical (unpaired) electrons. The van der Waals surface area contributed by atoms with Gasteiger partial charge in [0.2, 0.25) is 0 Å². The molecular formula is C60H40N2S. The predicted octanol–water partition coefficient (Wildman–Crippen LogP) is 17.3. The van der Waals surface area contributed by atoms with Crippen molar-refractivity contribution in [1.82, 2.24) is 4.57 Å². The Hall–Kier alpha value is -7.98. The number of hydrogen-bond donors (Lipinski definition) is 0. The summed E-state index contributed by atoms with van der Waals surface area (Å²) in [5, 5.41) is 5.11. The molecule has 0 fully saturated rings. The van der Waals surface area contributed by atoms with Crippen LogP contribution in [-0.4, -0.2) is 4.57 Å². The van der Waals surface area contributed by atoms with Gasteiger partial charge in [-0.25, -0.2) is 0 Å². The van der Waals surface area contributed by atoms with E-state index in [0.717, 1.165) is 11.4 Å². The Kier molecular flexibility index (Phi) is 9.06. The van der Waals surface area contributed by atoms with Crippen LogP contribution in [0.4, 0.5) is 17.1 Å². The van der Waals surface area contributed by atoms with Crippen LogP contribution in [-0.2, 0) is 0 Å². The van der Waals surface area contributed by atoms with Crippen LogP contribution >= 0.6 is 11.3 Å². The molecule has 0 spiro atoms. The second-order valence-corrected chi connectivity index (χ2v) is 17.1. The molecule has 63 heavy (non-hydrogen) atoms. The molecule has 0 saturated carbocycles. The third-order valence-electron chi connectivity index (χ3n) is 12.5. The molecule has 12 aromatic rings. The standard InChI is InChI=1S/C60H40N2S/c1-2-13-41(14-3-1)42-25-27-43(28-26-42)45-33-37-48(38-34-45)61(58-23-12-19-54-53-18-7-11-24-59(53)63-60(54)58)49-39-35-46(36-40-49)44-29-31-47(32-30-44)50-15-4-8-20-55(50)62-56-21-9-5-16-51(56)52-17-6-10-22-57(52)62/h1-40H. The number of thiophene rings is 1. The molecular weight excluding hydrogens is 781 g/mol. The third kappa shape index (κ3) is 6.50. The van der Waals surface area contributed by atoms with E-state index in [9.17, 15) is 0 Å². The number of fused-ring (bicyclic) bond motifs is 6. The highest BCUT2D eigenvalue weighted by Gasteiger charge is 2.19. The molecule has 2 nitrogen and oxygen atoms in total. The Morgan fingerprint density at radius 2 is 0.730 bits per heavy atom. The second-order valence-electron chi connectivity index (χ2n) is 16.1. The van der Waals surface area contributed by atoms with Crippen molar-refractivity contribution in [1.29, 1.82) is 0 Å². The number of rotatable bonds is 8. The fraction of sp³-hybridized carbons (Fsp3) is 0. The van der Waals surface area contributed by atoms with Crippen molar-refractivity contribution in [2.45, 2.75) is 0 Å². The van der Waals surface area contributed by atoms with Gasteiger partial charge in [-0.2, -0.15) is 0 Å². The van der Waals surface area contributed by atoms with Crippen LogP contribution in [0.2, 0.25) is 0 Å². The van der Waals surface area contributed by atoms with Gasteiger partial charge in [-0.1, -0.05) is 188 Å². The monoisotopic (exact) mass is 820 g/mol. The molecule has 0 aliphatic carbocycles. The van der Waals surface area contributed by atoms with Gasteiger partial charge < -0.3 is 9.47 Å². The maximum absolute atomic E-state index is 2.42. The molecule has 12 rings (SSSR count). The van der Waals surface area contributed by atoms with Crippen LogP contribution in [0.5, 0.6) is 0 Å². The lowest BCUT2D eigenvalue weighted by atomic mass is 9.98. The van der Waals surface area contributed by atoms with Gasteiger partial charge in [-0.3, -0.25) is 0 Å². The fourth-order valence-corrected chi connectivity index (χ4v) is 10.6. The number of para-hydroxylation sites is 3. The molecule has 2 aromatic heterocycles. The molecule has 0 N–H and O–H groups in total. The molecule has 0 aliphatic heterocycles. The number of nitrogens with zero attached hydrogens (tertiary/aromatic N) is 2. The molecule has 0 bridgehead atoms. The minimum absolute atomic E-state index is 1.11. The summed E-state index contributed by atoms with van der Waals surface area (Å²) in [5.74, 6) is 0. The van der Waals surface area contributed by atoms with E-state index in [1.807, 2.05) is 11.3 Å². The first kappa shape index (κ1) is 36.8. The Labute approximate surface area is 370 Å². The van der Waals surface area contributed by atoms with E-state index in [0.29, 0.717) is 0 Å². The Morgan fingerprint density at radius 3 is 1.32 bits per heavy atom. The van der Waals surface area contributed by atoms with Gasteiger partial charge in [-0.05, 0) is 93.5 Å². The fourth-order valence-electron chi connectivity index (χ4n) is 9.36. The van der Waals surface area contributed by atoms with E-state index in [4.69, 9.17) is 0 Å². The zero-order chi connectivity index (χ0) is 41.7. The molecule has 0 amide bonds. The van der Waals surface area contributed by atoms with Gasteiger partial charge >= 0.3 is 0 Å². The highest BCUT2D eigenvalue weighted by Crippen LogP contribution is 2.45. The summed E-state index contributed by atoms with van der Waals surface area (Å²) < 4.78 is 4.99. The zero-order valence-electron chi connectivity index (χ0n) is 34.4. The molecule has 296 valence electrons. The van der Waals surface area contributed by atoms with Gasteiger partial charge in [0.25, 0.3) is 0 Å². The minimum atomic E-state index is 1.11. The van der Waals surface area contributed by atoms with Crippen LogP contribution in [0.25, 0.3) is 92.2 Å². The number of benzene rings is 10. The highest BCUT2D eigenvalue weighted by atomic mass is 32.1. The van der Waals surface area contributed by atoms with Gasteiger partial charge in [-0.15, -0.1) is 11.3 Å². The first-order chi connectivity index (χ1) is 31.2. The van der Waals surface area contributed by atoms with Gasteiger partial charge in [0.05, 0.1) is 27.1 Å². The summed E-state index contributed by atoms with van der Waals surface area (Å²) in [7, 11) is 0. The van der Waals surface area contributed by atoms with Crippen LogP contribution in [0.15, 0.2) is 243 Å². The van der Waals surface area contributed by atoms with Gasteiger partial charge in [0.15, 0.2) is 0 Å². The first-order valence-corrected chi connectivity index (χ1v) is 22.3. The quantitative estimate of drug-likeness (QED) is 0.148. The van der Waals surface area contributed by atoms with E-state index in [2.05, 4.69) is 252 Å². The SMILES string of the molecule is c1ccc(-c2ccc(-c3ccc(N(c4ccc(-c5ccc(-c6ccccc6-n6c7ccccc7c7ccccc76)cc5)cc4)c4cccc5c4sc4ccccc45)cc3)cc2)cc1. The lowest BCUT2D eigenvalue weighted by Gasteiger charge is -2.26. The van der Waals surface area contributed by atoms with Crippen LogP contribution in [0.1, 0.15) is 0 Å². The van der Waals surface area contributed by atoms with Crippen molar-refractivity contribution in [3.05, 3.63) is 243 Å². The van der Waals surface area contributed by atoms with E-state index in [1.165, 1.54) is 97.9 Å². The molecule has 0 atom stereocenters.